The molecule has 0 aliphatic heterocycles. The molecule has 2 atom stereocenters. The Morgan fingerprint density at radius 3 is 2.50 bits per heavy atom. The van der Waals surface area contributed by atoms with Crippen LogP contribution in [0.25, 0.3) is 0 Å². The van der Waals surface area contributed by atoms with E-state index < -0.39 is 0 Å². The Balaban J connectivity index is 2.42. The fourth-order valence-electron chi connectivity index (χ4n) is 1.35. The van der Waals surface area contributed by atoms with E-state index in [2.05, 4.69) is 47.6 Å². The van der Waals surface area contributed by atoms with Gasteiger partial charge < -0.3 is 0 Å². The molecule has 0 bridgehead atoms. The molecule has 0 aromatic heterocycles. The van der Waals surface area contributed by atoms with Gasteiger partial charge in [-0.3, -0.25) is 0 Å². The van der Waals surface area contributed by atoms with Crippen molar-refractivity contribution in [3.63, 3.8) is 0 Å². The summed E-state index contributed by atoms with van der Waals surface area (Å²) in [6.45, 7) is 0. The predicted molar refractivity (Wildman–Crippen MR) is 37.4 cm³/mol. The van der Waals surface area contributed by atoms with Crippen molar-refractivity contribution in [2.45, 2.75) is 22.0 Å². The molecule has 0 N–H and O–H groups in total. The van der Waals surface area contributed by atoms with E-state index in [0.717, 1.165) is 9.18 Å². The van der Waals surface area contributed by atoms with Crippen LogP contribution >= 0.6 is 0 Å². The van der Waals surface area contributed by atoms with Crippen molar-refractivity contribution in [1.82, 2.24) is 0 Å². The summed E-state index contributed by atoms with van der Waals surface area (Å²) in [4.78, 5) is 0. The van der Waals surface area contributed by atoms with Crippen LogP contribution in [0.1, 0.15) is 12.8 Å². The minimum atomic E-state index is 0.832. The van der Waals surface area contributed by atoms with Crippen LogP contribution in [0.3, 0.4) is 0 Å². The average Bonchev–Trinajstić information content (AvgIpc) is 1.64. The standard InChI is InChI=1S/C6H8.2Li/c1-2-4-6-5-3-1;;/h1-3,6H,4-5H2;;. The first-order valence-electron chi connectivity index (χ1n) is 3.45. The number of hydrogen-bond acceptors (Lipinski definition) is 0. The van der Waals surface area contributed by atoms with Gasteiger partial charge in [0, 0.05) is 0 Å². The van der Waals surface area contributed by atoms with Crippen molar-refractivity contribution < 1.29 is 0 Å². The summed E-state index contributed by atoms with van der Waals surface area (Å²) in [6, 6.07) is 0. The van der Waals surface area contributed by atoms with Gasteiger partial charge >= 0.3 is 69.6 Å². The molecule has 0 amide bonds. The van der Waals surface area contributed by atoms with Crippen molar-refractivity contribution in [3.8, 4) is 0 Å². The quantitative estimate of drug-likeness (QED) is 0.313. The first-order chi connectivity index (χ1) is 3.79. The monoisotopic (exact) mass is 94.1 g/mol. The molecule has 0 aromatic carbocycles. The number of rotatable bonds is 0. The van der Waals surface area contributed by atoms with Crippen LogP contribution in [0.15, 0.2) is 12.2 Å². The molecule has 0 nitrogen and oxygen atoms in total. The van der Waals surface area contributed by atoms with Crippen molar-refractivity contribution in [2.24, 2.45) is 0 Å². The normalized spacial score (nSPS) is 38.0. The van der Waals surface area contributed by atoms with Gasteiger partial charge in [0.1, 0.15) is 0 Å². The van der Waals surface area contributed by atoms with E-state index in [0.29, 0.717) is 0 Å². The van der Waals surface area contributed by atoms with Crippen molar-refractivity contribution in [1.29, 1.82) is 0 Å². The van der Waals surface area contributed by atoms with Crippen LogP contribution in [0.4, 0.5) is 0 Å². The second-order valence-corrected chi connectivity index (χ2v) is 2.98. The first kappa shape index (κ1) is 7.05. The Kier molecular flexibility index (Phi) is 2.81. The van der Waals surface area contributed by atoms with Crippen LogP contribution in [0.2, 0.25) is 9.18 Å². The van der Waals surface area contributed by atoms with Crippen LogP contribution in [0, 0.1) is 0 Å². The summed E-state index contributed by atoms with van der Waals surface area (Å²) in [5.41, 5.74) is 0. The minimum absolute atomic E-state index is 0.832. The number of allylic oxidation sites excluding steroid dienone is 2. The third-order valence-electron chi connectivity index (χ3n) is 1.78. The Morgan fingerprint density at radius 1 is 1.38 bits per heavy atom. The second-order valence-electron chi connectivity index (χ2n) is 2.98. The molecule has 2 heteroatoms. The summed E-state index contributed by atoms with van der Waals surface area (Å²) in [7, 11) is 0. The Morgan fingerprint density at radius 2 is 2.12 bits per heavy atom. The van der Waals surface area contributed by atoms with E-state index in [4.69, 9.17) is 0 Å². The third-order valence-corrected chi connectivity index (χ3v) is 1.78. The molecule has 0 aromatic rings. The zero-order valence-corrected chi connectivity index (χ0v) is 5.72. The van der Waals surface area contributed by atoms with E-state index in [1.807, 2.05) is 0 Å². The molecular weight excluding hydrogens is 85.9 g/mol. The van der Waals surface area contributed by atoms with Gasteiger partial charge in [0.05, 0.1) is 0 Å². The van der Waals surface area contributed by atoms with Crippen LogP contribution in [0.5, 0.6) is 0 Å². The summed E-state index contributed by atoms with van der Waals surface area (Å²) >= 11 is 4.60. The number of hydrogen-bond donors (Lipinski definition) is 0. The summed E-state index contributed by atoms with van der Waals surface area (Å²) in [5.74, 6) is 0. The predicted octanol–water partition coefficient (Wildman–Crippen LogP) is 1.25. The van der Waals surface area contributed by atoms with Gasteiger partial charge in [-0.2, -0.15) is 0 Å². The molecule has 1 aliphatic carbocycles. The molecule has 0 saturated carbocycles. The molecule has 0 radical (unpaired) electrons. The van der Waals surface area contributed by atoms with Gasteiger partial charge in [-0.15, -0.1) is 0 Å². The first-order valence-corrected chi connectivity index (χ1v) is 3.45. The van der Waals surface area contributed by atoms with Crippen molar-refractivity contribution in [3.05, 3.63) is 12.2 Å². The van der Waals surface area contributed by atoms with Gasteiger partial charge in [-0.1, -0.05) is 0 Å². The Hall–Kier alpha value is 0.935. The molecular formula is C6H8Li2. The summed E-state index contributed by atoms with van der Waals surface area (Å²) in [5, 5.41) is 0. The van der Waals surface area contributed by atoms with Gasteiger partial charge in [0.2, 0.25) is 0 Å². The summed E-state index contributed by atoms with van der Waals surface area (Å²) < 4.78 is 1.76. The molecule has 0 fully saturated rings. The maximum atomic E-state index is 2.32. The third kappa shape index (κ3) is 2.04. The SMILES string of the molecule is [Li][CH]1C=CC[CH]([Li])C1. The average molecular weight is 94.0 g/mol. The van der Waals surface area contributed by atoms with E-state index in [1.54, 1.807) is 0 Å². The van der Waals surface area contributed by atoms with E-state index in [9.17, 15) is 0 Å². The fourth-order valence-corrected chi connectivity index (χ4v) is 1.35. The van der Waals surface area contributed by atoms with E-state index in [-0.39, 0.29) is 0 Å². The van der Waals surface area contributed by atoms with Crippen molar-refractivity contribution >= 4 is 35.4 Å². The molecule has 2 unspecified atom stereocenters. The van der Waals surface area contributed by atoms with Crippen LogP contribution < -0.4 is 0 Å². The van der Waals surface area contributed by atoms with E-state index >= 15 is 0 Å². The zero-order chi connectivity index (χ0) is 5.98. The van der Waals surface area contributed by atoms with Gasteiger partial charge in [-0.05, 0) is 0 Å². The fraction of sp³-hybridized carbons (Fsp3) is 0.667. The van der Waals surface area contributed by atoms with Gasteiger partial charge in [0.15, 0.2) is 0 Å². The van der Waals surface area contributed by atoms with Crippen molar-refractivity contribution in [2.75, 3.05) is 0 Å². The van der Waals surface area contributed by atoms with E-state index in [1.165, 1.54) is 12.8 Å². The zero-order valence-electron chi connectivity index (χ0n) is 5.72. The topological polar surface area (TPSA) is 0 Å². The van der Waals surface area contributed by atoms with Gasteiger partial charge in [-0.25, -0.2) is 0 Å². The molecule has 0 spiro atoms. The molecule has 34 valence electrons. The molecule has 1 rings (SSSR count). The van der Waals surface area contributed by atoms with Gasteiger partial charge in [0.25, 0.3) is 0 Å². The van der Waals surface area contributed by atoms with Crippen LogP contribution in [-0.4, -0.2) is 35.4 Å². The Labute approximate surface area is 69.5 Å². The Bertz CT molecular complexity index is 98.7. The second kappa shape index (κ2) is 3.19. The molecule has 0 saturated heterocycles. The molecule has 1 aliphatic rings. The maximum absolute atomic E-state index is 2.32. The molecule has 0 heterocycles. The molecule has 8 heavy (non-hydrogen) atoms. The van der Waals surface area contributed by atoms with Crippen LogP contribution in [-0.2, 0) is 0 Å². The summed E-state index contributed by atoms with van der Waals surface area (Å²) in [6.07, 6.45) is 7.31.